The van der Waals surface area contributed by atoms with Crippen LogP contribution in [0, 0.1) is 17.2 Å². The van der Waals surface area contributed by atoms with E-state index in [0.29, 0.717) is 41.4 Å². The molecule has 31 heavy (non-hydrogen) atoms. The second-order valence-corrected chi connectivity index (χ2v) is 7.95. The van der Waals surface area contributed by atoms with Crippen LogP contribution >= 0.6 is 0 Å². The van der Waals surface area contributed by atoms with Gasteiger partial charge in [-0.3, -0.25) is 9.36 Å². The summed E-state index contributed by atoms with van der Waals surface area (Å²) in [7, 11) is 0. The van der Waals surface area contributed by atoms with Crippen LogP contribution in [-0.2, 0) is 13.1 Å². The molecular weight excluding hydrogens is 390 g/mol. The summed E-state index contributed by atoms with van der Waals surface area (Å²) >= 11 is 0. The lowest BCUT2D eigenvalue weighted by Crippen LogP contribution is -2.40. The van der Waals surface area contributed by atoms with Crippen molar-refractivity contribution in [2.24, 2.45) is 5.92 Å². The van der Waals surface area contributed by atoms with E-state index in [4.69, 9.17) is 5.26 Å². The molecule has 0 bridgehead atoms. The summed E-state index contributed by atoms with van der Waals surface area (Å²) in [6.07, 6.45) is 2.31. The van der Waals surface area contributed by atoms with Gasteiger partial charge >= 0.3 is 5.69 Å². The second-order valence-electron chi connectivity index (χ2n) is 7.95. The third kappa shape index (κ3) is 3.92. The molecule has 2 heterocycles. The van der Waals surface area contributed by atoms with Crippen LogP contribution in [0.15, 0.2) is 70.5 Å². The van der Waals surface area contributed by atoms with Gasteiger partial charge in [0.15, 0.2) is 11.2 Å². The van der Waals surface area contributed by atoms with E-state index in [-0.39, 0.29) is 11.2 Å². The molecule has 2 aromatic heterocycles. The summed E-state index contributed by atoms with van der Waals surface area (Å²) in [6.45, 7) is 4.89. The third-order valence-corrected chi connectivity index (χ3v) is 5.28. The molecule has 0 aliphatic carbocycles. The largest absolute Gasteiger partial charge is 0.337 e. The van der Waals surface area contributed by atoms with Gasteiger partial charge in [-0.05, 0) is 42.2 Å². The van der Waals surface area contributed by atoms with E-state index >= 15 is 0 Å². The van der Waals surface area contributed by atoms with Gasteiger partial charge in [0.2, 0.25) is 0 Å². The van der Waals surface area contributed by atoms with Crippen LogP contribution in [0.5, 0.6) is 0 Å². The van der Waals surface area contributed by atoms with Gasteiger partial charge in [0.25, 0.3) is 5.56 Å². The number of aromatic nitrogens is 4. The number of nitrogens with zero attached hydrogens (tertiary/aromatic N) is 5. The SMILES string of the molecule is CC(C)CCn1c(=O)c2c(ncn2Cc2ccc(C#N)cc2)n(-c2ccccc2)c1=O. The Kier molecular flexibility index (Phi) is 5.54. The van der Waals surface area contributed by atoms with Gasteiger partial charge in [-0.2, -0.15) is 5.26 Å². The number of hydrogen-bond acceptors (Lipinski definition) is 4. The Morgan fingerprint density at radius 1 is 1.03 bits per heavy atom. The van der Waals surface area contributed by atoms with Gasteiger partial charge in [-0.1, -0.05) is 44.2 Å². The molecule has 4 rings (SSSR count). The number of rotatable bonds is 6. The minimum Gasteiger partial charge on any atom is -0.320 e. The number of para-hydroxylation sites is 1. The van der Waals surface area contributed by atoms with Crippen molar-refractivity contribution in [2.75, 3.05) is 0 Å². The van der Waals surface area contributed by atoms with E-state index in [2.05, 4.69) is 24.9 Å². The zero-order valence-electron chi connectivity index (χ0n) is 17.5. The fourth-order valence-electron chi connectivity index (χ4n) is 3.58. The molecule has 2 aromatic carbocycles. The second kappa shape index (κ2) is 8.44. The summed E-state index contributed by atoms with van der Waals surface area (Å²) in [5, 5.41) is 9.01. The molecule has 0 spiro atoms. The first-order valence-corrected chi connectivity index (χ1v) is 10.2. The molecule has 0 aliphatic heterocycles. The predicted molar refractivity (Wildman–Crippen MR) is 119 cm³/mol. The van der Waals surface area contributed by atoms with E-state index in [1.54, 1.807) is 23.0 Å². The van der Waals surface area contributed by atoms with E-state index < -0.39 is 0 Å². The highest BCUT2D eigenvalue weighted by Crippen LogP contribution is 2.15. The maximum absolute atomic E-state index is 13.4. The minimum absolute atomic E-state index is 0.334. The van der Waals surface area contributed by atoms with Crippen molar-refractivity contribution < 1.29 is 0 Å². The third-order valence-electron chi connectivity index (χ3n) is 5.28. The van der Waals surface area contributed by atoms with Gasteiger partial charge in [0.1, 0.15) is 0 Å². The normalized spacial score (nSPS) is 11.2. The Balaban J connectivity index is 1.92. The van der Waals surface area contributed by atoms with Crippen LogP contribution < -0.4 is 11.2 Å². The van der Waals surface area contributed by atoms with Crippen molar-refractivity contribution in [3.8, 4) is 11.8 Å². The Bertz CT molecular complexity index is 1370. The first-order chi connectivity index (χ1) is 15.0. The zero-order valence-corrected chi connectivity index (χ0v) is 17.5. The molecule has 4 aromatic rings. The van der Waals surface area contributed by atoms with Crippen LogP contribution in [-0.4, -0.2) is 18.7 Å². The van der Waals surface area contributed by atoms with Gasteiger partial charge < -0.3 is 4.57 Å². The number of hydrogen-bond donors (Lipinski definition) is 0. The average molecular weight is 413 g/mol. The van der Waals surface area contributed by atoms with Crippen LogP contribution in [0.1, 0.15) is 31.4 Å². The van der Waals surface area contributed by atoms with Crippen molar-refractivity contribution in [1.82, 2.24) is 18.7 Å². The number of imidazole rings is 1. The highest BCUT2D eigenvalue weighted by Gasteiger charge is 2.19. The summed E-state index contributed by atoms with van der Waals surface area (Å²) in [6, 6.07) is 18.6. The Labute approximate surface area is 179 Å². The van der Waals surface area contributed by atoms with E-state index in [1.165, 1.54) is 9.13 Å². The quantitative estimate of drug-likeness (QED) is 0.485. The molecule has 0 saturated carbocycles. The molecular formula is C24H23N5O2. The molecule has 0 atom stereocenters. The van der Waals surface area contributed by atoms with Crippen molar-refractivity contribution >= 4 is 11.2 Å². The van der Waals surface area contributed by atoms with Crippen LogP contribution in [0.3, 0.4) is 0 Å². The predicted octanol–water partition coefficient (Wildman–Crippen LogP) is 3.31. The van der Waals surface area contributed by atoms with E-state index in [0.717, 1.165) is 12.0 Å². The Morgan fingerprint density at radius 3 is 2.39 bits per heavy atom. The zero-order chi connectivity index (χ0) is 22.0. The topological polar surface area (TPSA) is 85.6 Å². The molecule has 0 radical (unpaired) electrons. The summed E-state index contributed by atoms with van der Waals surface area (Å²) in [4.78, 5) is 31.1. The molecule has 0 unspecified atom stereocenters. The minimum atomic E-state index is -0.382. The lowest BCUT2D eigenvalue weighted by Gasteiger charge is -2.13. The molecule has 0 N–H and O–H groups in total. The standard InChI is InChI=1S/C24H23N5O2/c1-17(2)12-13-28-23(30)21-22(29(24(28)31)20-6-4-3-5-7-20)26-16-27(21)15-19-10-8-18(14-25)9-11-19/h3-11,16-17H,12-13,15H2,1-2H3. The molecule has 7 heteroatoms. The molecule has 7 nitrogen and oxygen atoms in total. The van der Waals surface area contributed by atoms with Crippen molar-refractivity contribution in [3.05, 3.63) is 92.9 Å². The summed E-state index contributed by atoms with van der Waals surface area (Å²) in [5.74, 6) is 0.357. The van der Waals surface area contributed by atoms with Crippen LogP contribution in [0.25, 0.3) is 16.9 Å². The highest BCUT2D eigenvalue weighted by molar-refractivity contribution is 5.72. The fraction of sp³-hybridized carbons (Fsp3) is 0.250. The first kappa shape index (κ1) is 20.4. The van der Waals surface area contributed by atoms with Crippen LogP contribution in [0.4, 0.5) is 0 Å². The molecule has 0 amide bonds. The number of fused-ring (bicyclic) bond motifs is 1. The number of benzene rings is 2. The lowest BCUT2D eigenvalue weighted by atomic mass is 10.1. The van der Waals surface area contributed by atoms with Crippen molar-refractivity contribution in [2.45, 2.75) is 33.4 Å². The first-order valence-electron chi connectivity index (χ1n) is 10.2. The summed E-state index contributed by atoms with van der Waals surface area (Å²) in [5.41, 5.74) is 2.19. The van der Waals surface area contributed by atoms with E-state index in [9.17, 15) is 9.59 Å². The van der Waals surface area contributed by atoms with Crippen molar-refractivity contribution in [3.63, 3.8) is 0 Å². The van der Waals surface area contributed by atoms with Gasteiger partial charge in [-0.15, -0.1) is 0 Å². The monoisotopic (exact) mass is 413 g/mol. The molecule has 0 fully saturated rings. The Morgan fingerprint density at radius 2 is 1.74 bits per heavy atom. The van der Waals surface area contributed by atoms with Crippen LogP contribution in [0.2, 0.25) is 0 Å². The lowest BCUT2D eigenvalue weighted by molar-refractivity contribution is 0.491. The van der Waals surface area contributed by atoms with Gasteiger partial charge in [0.05, 0.1) is 23.6 Å². The Hall–Kier alpha value is -3.92. The fourth-order valence-corrected chi connectivity index (χ4v) is 3.58. The van der Waals surface area contributed by atoms with Gasteiger partial charge in [0, 0.05) is 13.1 Å². The smallest absolute Gasteiger partial charge is 0.320 e. The van der Waals surface area contributed by atoms with E-state index in [1.807, 2.05) is 42.5 Å². The summed E-state index contributed by atoms with van der Waals surface area (Å²) < 4.78 is 4.59. The maximum atomic E-state index is 13.4. The van der Waals surface area contributed by atoms with Crippen molar-refractivity contribution in [1.29, 1.82) is 5.26 Å². The average Bonchev–Trinajstić information content (AvgIpc) is 3.18. The van der Waals surface area contributed by atoms with Gasteiger partial charge in [-0.25, -0.2) is 14.3 Å². The maximum Gasteiger partial charge on any atom is 0.337 e. The molecule has 0 aliphatic rings. The highest BCUT2D eigenvalue weighted by atomic mass is 16.2. The molecule has 156 valence electrons. The molecule has 0 saturated heterocycles. The number of nitriles is 1.